The van der Waals surface area contributed by atoms with Gasteiger partial charge >= 0.3 is 0 Å². The molecule has 0 fully saturated rings. The molecule has 0 saturated heterocycles. The highest BCUT2D eigenvalue weighted by atomic mass is 15.1. The summed E-state index contributed by atoms with van der Waals surface area (Å²) >= 11 is 0. The van der Waals surface area contributed by atoms with Crippen molar-refractivity contribution in [2.24, 2.45) is 0 Å². The van der Waals surface area contributed by atoms with E-state index in [9.17, 15) is 0 Å². The minimum absolute atomic E-state index is 0.679. The van der Waals surface area contributed by atoms with Gasteiger partial charge < -0.3 is 5.32 Å². The Hall–Kier alpha value is -2.49. The monoisotopic (exact) mass is 264 g/mol. The molecule has 0 aliphatic rings. The van der Waals surface area contributed by atoms with E-state index in [0.717, 1.165) is 24.2 Å². The predicted molar refractivity (Wildman–Crippen MR) is 80.7 cm³/mol. The Morgan fingerprint density at radius 1 is 1.00 bits per heavy atom. The third-order valence-electron chi connectivity index (χ3n) is 3.19. The van der Waals surface area contributed by atoms with Crippen LogP contribution in [0, 0.1) is 6.92 Å². The van der Waals surface area contributed by atoms with Gasteiger partial charge in [-0.2, -0.15) is 0 Å². The molecule has 0 spiro atoms. The molecule has 3 aromatic rings. The van der Waals surface area contributed by atoms with Crippen LogP contribution in [-0.2, 0) is 6.42 Å². The molecule has 0 radical (unpaired) electrons. The highest BCUT2D eigenvalue weighted by Crippen LogP contribution is 2.16. The number of hydrogen-bond acceptors (Lipinski definition) is 4. The summed E-state index contributed by atoms with van der Waals surface area (Å²) in [6, 6.07) is 12.2. The van der Waals surface area contributed by atoms with Gasteiger partial charge in [0.1, 0.15) is 0 Å². The molecular formula is C16H16N4. The molecule has 3 rings (SSSR count). The van der Waals surface area contributed by atoms with Crippen LogP contribution < -0.4 is 5.32 Å². The maximum absolute atomic E-state index is 4.46. The number of anilines is 1. The number of pyridine rings is 1. The lowest BCUT2D eigenvalue weighted by atomic mass is 10.1. The van der Waals surface area contributed by atoms with Crippen LogP contribution in [0.1, 0.15) is 11.3 Å². The lowest BCUT2D eigenvalue weighted by Crippen LogP contribution is -2.08. The molecule has 2 aromatic heterocycles. The largest absolute Gasteiger partial charge is 0.354 e. The van der Waals surface area contributed by atoms with Gasteiger partial charge in [-0.25, -0.2) is 9.97 Å². The van der Waals surface area contributed by atoms with E-state index in [1.807, 2.05) is 25.3 Å². The van der Waals surface area contributed by atoms with Crippen LogP contribution in [0.2, 0.25) is 0 Å². The highest BCUT2D eigenvalue weighted by Gasteiger charge is 2.02. The molecule has 0 bridgehead atoms. The van der Waals surface area contributed by atoms with E-state index in [2.05, 4.69) is 44.5 Å². The standard InChI is InChI=1S/C16H16N4/c1-12-7-10-18-16(20-12)19-11-8-14-5-2-4-13-6-3-9-17-15(13)14/h2-7,9-10H,8,11H2,1H3,(H,18,19,20). The average Bonchev–Trinajstić information content (AvgIpc) is 2.48. The van der Waals surface area contributed by atoms with Crippen LogP contribution in [0.4, 0.5) is 5.95 Å². The van der Waals surface area contributed by atoms with Crippen molar-refractivity contribution in [1.29, 1.82) is 0 Å². The van der Waals surface area contributed by atoms with Crippen LogP contribution in [-0.4, -0.2) is 21.5 Å². The maximum Gasteiger partial charge on any atom is 0.222 e. The van der Waals surface area contributed by atoms with Crippen molar-refractivity contribution in [3.8, 4) is 0 Å². The maximum atomic E-state index is 4.46. The molecule has 2 heterocycles. The van der Waals surface area contributed by atoms with Crippen molar-refractivity contribution >= 4 is 16.9 Å². The molecule has 0 saturated carbocycles. The zero-order chi connectivity index (χ0) is 13.8. The highest BCUT2D eigenvalue weighted by molar-refractivity contribution is 5.81. The van der Waals surface area contributed by atoms with Gasteiger partial charge in [0, 0.05) is 30.0 Å². The van der Waals surface area contributed by atoms with Crippen molar-refractivity contribution in [2.75, 3.05) is 11.9 Å². The first-order valence-corrected chi connectivity index (χ1v) is 6.69. The van der Waals surface area contributed by atoms with E-state index in [4.69, 9.17) is 0 Å². The lowest BCUT2D eigenvalue weighted by molar-refractivity contribution is 0.978. The molecule has 0 unspecified atom stereocenters. The van der Waals surface area contributed by atoms with E-state index in [1.165, 1.54) is 10.9 Å². The molecule has 0 aliphatic heterocycles. The summed E-state index contributed by atoms with van der Waals surface area (Å²) in [5.74, 6) is 0.679. The van der Waals surface area contributed by atoms with Gasteiger partial charge in [0.05, 0.1) is 5.52 Å². The molecular weight excluding hydrogens is 248 g/mol. The number of hydrogen-bond donors (Lipinski definition) is 1. The van der Waals surface area contributed by atoms with Crippen LogP contribution in [0.5, 0.6) is 0 Å². The third kappa shape index (κ3) is 2.74. The van der Waals surface area contributed by atoms with E-state index in [0.29, 0.717) is 5.95 Å². The van der Waals surface area contributed by atoms with Gasteiger partial charge in [0.2, 0.25) is 5.95 Å². The summed E-state index contributed by atoms with van der Waals surface area (Å²) < 4.78 is 0. The summed E-state index contributed by atoms with van der Waals surface area (Å²) in [6.07, 6.45) is 4.50. The molecule has 1 N–H and O–H groups in total. The number of aryl methyl sites for hydroxylation is 1. The number of para-hydroxylation sites is 1. The van der Waals surface area contributed by atoms with Crippen LogP contribution >= 0.6 is 0 Å². The molecule has 4 heteroatoms. The summed E-state index contributed by atoms with van der Waals surface area (Å²) in [6.45, 7) is 2.75. The number of aromatic nitrogens is 3. The summed E-state index contributed by atoms with van der Waals surface area (Å²) in [7, 11) is 0. The first-order valence-electron chi connectivity index (χ1n) is 6.69. The van der Waals surface area contributed by atoms with Gasteiger partial charge in [-0.15, -0.1) is 0 Å². The molecule has 0 amide bonds. The molecule has 20 heavy (non-hydrogen) atoms. The Morgan fingerprint density at radius 2 is 1.90 bits per heavy atom. The Bertz CT molecular complexity index is 719. The number of fused-ring (bicyclic) bond motifs is 1. The second-order valence-corrected chi connectivity index (χ2v) is 4.69. The quantitative estimate of drug-likeness (QED) is 0.787. The lowest BCUT2D eigenvalue weighted by Gasteiger charge is -2.07. The van der Waals surface area contributed by atoms with Crippen molar-refractivity contribution in [3.05, 3.63) is 60.0 Å². The van der Waals surface area contributed by atoms with Crippen LogP contribution in [0.15, 0.2) is 48.8 Å². The number of nitrogens with zero attached hydrogens (tertiary/aromatic N) is 3. The fourth-order valence-electron chi connectivity index (χ4n) is 2.21. The number of rotatable bonds is 4. The van der Waals surface area contributed by atoms with E-state index >= 15 is 0 Å². The first-order chi connectivity index (χ1) is 9.83. The van der Waals surface area contributed by atoms with Crippen molar-refractivity contribution < 1.29 is 0 Å². The number of benzene rings is 1. The first kappa shape index (κ1) is 12.5. The van der Waals surface area contributed by atoms with Gasteiger partial charge in [0.25, 0.3) is 0 Å². The van der Waals surface area contributed by atoms with E-state index in [-0.39, 0.29) is 0 Å². The predicted octanol–water partition coefficient (Wildman–Crippen LogP) is 2.99. The van der Waals surface area contributed by atoms with Crippen molar-refractivity contribution in [2.45, 2.75) is 13.3 Å². The summed E-state index contributed by atoms with van der Waals surface area (Å²) in [4.78, 5) is 13.0. The topological polar surface area (TPSA) is 50.7 Å². The normalized spacial score (nSPS) is 10.7. The van der Waals surface area contributed by atoms with Crippen molar-refractivity contribution in [1.82, 2.24) is 15.0 Å². The Morgan fingerprint density at radius 3 is 2.80 bits per heavy atom. The molecule has 0 atom stereocenters. The molecule has 1 aromatic carbocycles. The van der Waals surface area contributed by atoms with Crippen molar-refractivity contribution in [3.63, 3.8) is 0 Å². The molecule has 0 aliphatic carbocycles. The molecule has 100 valence electrons. The van der Waals surface area contributed by atoms with Gasteiger partial charge in [-0.05, 0) is 31.0 Å². The second-order valence-electron chi connectivity index (χ2n) is 4.69. The van der Waals surface area contributed by atoms with Crippen LogP contribution in [0.25, 0.3) is 10.9 Å². The fraction of sp³-hybridized carbons (Fsp3) is 0.188. The zero-order valence-corrected chi connectivity index (χ0v) is 11.4. The van der Waals surface area contributed by atoms with Gasteiger partial charge in [-0.1, -0.05) is 24.3 Å². The minimum atomic E-state index is 0.679. The van der Waals surface area contributed by atoms with E-state index < -0.39 is 0 Å². The fourth-order valence-corrected chi connectivity index (χ4v) is 2.21. The minimum Gasteiger partial charge on any atom is -0.354 e. The van der Waals surface area contributed by atoms with Gasteiger partial charge in [0.15, 0.2) is 0 Å². The summed E-state index contributed by atoms with van der Waals surface area (Å²) in [5.41, 5.74) is 3.28. The SMILES string of the molecule is Cc1ccnc(NCCc2cccc3cccnc23)n1. The Kier molecular flexibility index (Phi) is 3.54. The molecule has 4 nitrogen and oxygen atoms in total. The Balaban J connectivity index is 1.71. The second kappa shape index (κ2) is 5.65. The average molecular weight is 264 g/mol. The van der Waals surface area contributed by atoms with E-state index in [1.54, 1.807) is 6.20 Å². The van der Waals surface area contributed by atoms with Crippen LogP contribution in [0.3, 0.4) is 0 Å². The van der Waals surface area contributed by atoms with Gasteiger partial charge in [-0.3, -0.25) is 4.98 Å². The number of nitrogens with one attached hydrogen (secondary N) is 1. The third-order valence-corrected chi connectivity index (χ3v) is 3.19. The Labute approximate surface area is 117 Å². The smallest absolute Gasteiger partial charge is 0.222 e. The zero-order valence-electron chi connectivity index (χ0n) is 11.4. The summed E-state index contributed by atoms with van der Waals surface area (Å²) in [5, 5.41) is 4.43.